The first kappa shape index (κ1) is 49.1. The van der Waals surface area contributed by atoms with E-state index in [2.05, 4.69) is 159 Å². The van der Waals surface area contributed by atoms with Gasteiger partial charge in [-0.15, -0.1) is 0 Å². The summed E-state index contributed by atoms with van der Waals surface area (Å²) in [6, 6.07) is 32.2. The molecular weight excluding hydrogens is 920 g/mol. The van der Waals surface area contributed by atoms with Gasteiger partial charge in [0.15, 0.2) is 0 Å². The smallest absolute Gasteiger partial charge is 0.127 e. The van der Waals surface area contributed by atoms with E-state index in [0.717, 1.165) is 86.8 Å². The average Bonchev–Trinajstić information content (AvgIpc) is 3.26. The second-order valence-electron chi connectivity index (χ2n) is 26.4. The van der Waals surface area contributed by atoms with Crippen LogP contribution in [0.2, 0.25) is 0 Å². The van der Waals surface area contributed by atoms with Gasteiger partial charge in [0, 0.05) is 78.2 Å². The van der Waals surface area contributed by atoms with Crippen LogP contribution in [0.1, 0.15) is 174 Å². The molecule has 2 N–H and O–H groups in total. The fourth-order valence-corrected chi connectivity index (χ4v) is 16.2. The molecule has 5 heteroatoms. The Balaban J connectivity index is 0.00000553. The van der Waals surface area contributed by atoms with Crippen molar-refractivity contribution in [3.05, 3.63) is 113 Å². The van der Waals surface area contributed by atoms with Gasteiger partial charge in [-0.2, -0.15) is 0 Å². The van der Waals surface area contributed by atoms with Crippen LogP contribution in [0, 0.1) is 35.5 Å². The molecule has 1 aromatic heterocycles. The molecule has 8 saturated carbocycles. The summed E-state index contributed by atoms with van der Waals surface area (Å²) in [6.07, 6.45) is 15.5. The van der Waals surface area contributed by atoms with Gasteiger partial charge < -0.3 is 10.2 Å². The SMILES string of the molecule is CC(C)N(Cc1cc(-c2ccccc2-c2cc(C(C)(C)C)cc(C34CC5CC(CC(C5)C3)C4)c2O)nc(-c2ccccc2-c2cc(C(C)(C)C)cc(C34CC5CC(CC(C5)C3)C4)c2O)c1)C(C)C.[Zr]. The number of hydrogen-bond acceptors (Lipinski definition) is 4. The van der Waals surface area contributed by atoms with Gasteiger partial charge in [-0.1, -0.05) is 102 Å². The molecule has 0 amide bonds. The molecule has 0 radical (unpaired) electrons. The van der Waals surface area contributed by atoms with Crippen molar-refractivity contribution in [3.63, 3.8) is 0 Å². The van der Waals surface area contributed by atoms with Crippen molar-refractivity contribution in [1.29, 1.82) is 0 Å². The van der Waals surface area contributed by atoms with Crippen molar-refractivity contribution < 1.29 is 36.4 Å². The summed E-state index contributed by atoms with van der Waals surface area (Å²) in [7, 11) is 0. The fraction of sp³-hybridized carbons (Fsp3) is 0.547. The molecule has 8 fully saturated rings. The average molecular weight is 1000 g/mol. The van der Waals surface area contributed by atoms with Crippen LogP contribution in [0.25, 0.3) is 44.8 Å². The molecule has 5 aromatic rings. The minimum Gasteiger partial charge on any atom is -0.507 e. The van der Waals surface area contributed by atoms with Crippen LogP contribution in [0.5, 0.6) is 11.5 Å². The Bertz CT molecular complexity index is 2500. The zero-order valence-electron chi connectivity index (χ0n) is 43.7. The Morgan fingerprint density at radius 1 is 0.493 bits per heavy atom. The predicted molar refractivity (Wildman–Crippen MR) is 282 cm³/mol. The Labute approximate surface area is 434 Å². The van der Waals surface area contributed by atoms with Gasteiger partial charge in [-0.25, -0.2) is 4.98 Å². The third-order valence-corrected chi connectivity index (χ3v) is 18.7. The fourth-order valence-electron chi connectivity index (χ4n) is 16.2. The standard InChI is InChI=1S/C64H80N2O2.Zr/c1-38(2)66(39(3)4)37-46-25-57(51-17-13-11-15-49(51)53-27-47(61(5,6)7)29-55(59(53)67)63-31-40-19-41(32-63)21-42(20-40)33-63)65-58(26-46)52-18-14-12-16-50(52)54-28-48(62(8,9)10)30-56(60(54)68)64-34-43-22-44(35-64)24-45(23-43)36-64;/h11-18,25-30,38-45,67-68H,19-24,31-37H2,1-10H3;. The molecule has 0 unspecified atom stereocenters. The maximum atomic E-state index is 12.9. The molecule has 0 saturated heterocycles. The molecule has 0 aliphatic heterocycles. The molecule has 4 nitrogen and oxygen atoms in total. The van der Waals surface area contributed by atoms with Crippen LogP contribution in [0.3, 0.4) is 0 Å². The zero-order chi connectivity index (χ0) is 47.7. The van der Waals surface area contributed by atoms with E-state index in [9.17, 15) is 10.2 Å². The molecule has 362 valence electrons. The maximum Gasteiger partial charge on any atom is 0.127 e. The van der Waals surface area contributed by atoms with E-state index in [1.54, 1.807) is 0 Å². The quantitative estimate of drug-likeness (QED) is 0.146. The van der Waals surface area contributed by atoms with Crippen LogP contribution in [-0.4, -0.2) is 32.2 Å². The van der Waals surface area contributed by atoms with Gasteiger partial charge in [-0.05, 0) is 214 Å². The van der Waals surface area contributed by atoms with Crippen molar-refractivity contribution in [2.75, 3.05) is 0 Å². The summed E-state index contributed by atoms with van der Waals surface area (Å²) in [5.74, 6) is 5.62. The molecule has 4 aromatic carbocycles. The largest absolute Gasteiger partial charge is 0.507 e. The minimum absolute atomic E-state index is 0. The molecule has 69 heavy (non-hydrogen) atoms. The van der Waals surface area contributed by atoms with Gasteiger partial charge in [0.1, 0.15) is 11.5 Å². The van der Waals surface area contributed by atoms with Crippen molar-refractivity contribution >= 4 is 0 Å². The van der Waals surface area contributed by atoms with Crippen molar-refractivity contribution in [1.82, 2.24) is 9.88 Å². The van der Waals surface area contributed by atoms with Gasteiger partial charge >= 0.3 is 0 Å². The van der Waals surface area contributed by atoms with Crippen molar-refractivity contribution in [2.24, 2.45) is 35.5 Å². The van der Waals surface area contributed by atoms with Crippen LogP contribution < -0.4 is 0 Å². The third-order valence-electron chi connectivity index (χ3n) is 18.7. The first-order valence-electron chi connectivity index (χ1n) is 27.0. The van der Waals surface area contributed by atoms with E-state index in [4.69, 9.17) is 4.98 Å². The first-order valence-corrected chi connectivity index (χ1v) is 27.0. The van der Waals surface area contributed by atoms with Crippen LogP contribution >= 0.6 is 0 Å². The number of pyridine rings is 1. The van der Waals surface area contributed by atoms with Crippen LogP contribution in [-0.2, 0) is 54.4 Å². The number of aromatic nitrogens is 1. The zero-order valence-corrected chi connectivity index (χ0v) is 46.1. The molecule has 1 heterocycles. The van der Waals surface area contributed by atoms with Crippen molar-refractivity contribution in [3.8, 4) is 56.3 Å². The predicted octanol–water partition coefficient (Wildman–Crippen LogP) is 16.3. The van der Waals surface area contributed by atoms with Crippen molar-refractivity contribution in [2.45, 2.75) is 187 Å². The normalized spacial score (nSPS) is 28.0. The number of aromatic hydroxyl groups is 2. The second kappa shape index (κ2) is 17.9. The van der Waals surface area contributed by atoms with E-state index < -0.39 is 0 Å². The van der Waals surface area contributed by atoms with E-state index >= 15 is 0 Å². The topological polar surface area (TPSA) is 56.6 Å². The van der Waals surface area contributed by atoms with Crippen LogP contribution in [0.15, 0.2) is 84.9 Å². The molecular formula is C64H80N2O2Zr. The van der Waals surface area contributed by atoms with E-state index in [1.165, 1.54) is 105 Å². The summed E-state index contributed by atoms with van der Waals surface area (Å²) in [4.78, 5) is 8.28. The molecule has 13 rings (SSSR count). The minimum atomic E-state index is -0.0912. The summed E-state index contributed by atoms with van der Waals surface area (Å²) in [5, 5.41) is 25.8. The van der Waals surface area contributed by atoms with Gasteiger partial charge in [0.25, 0.3) is 0 Å². The molecule has 8 aliphatic carbocycles. The second-order valence-corrected chi connectivity index (χ2v) is 26.4. The summed E-state index contributed by atoms with van der Waals surface area (Å²) >= 11 is 0. The van der Waals surface area contributed by atoms with E-state index in [1.807, 2.05) is 0 Å². The third kappa shape index (κ3) is 8.87. The Hall–Kier alpha value is -3.53. The number of benzene rings is 4. The monoisotopic (exact) mass is 999 g/mol. The Kier molecular flexibility index (Phi) is 12.7. The number of phenolic OH excluding ortho intramolecular Hbond substituents is 2. The molecule has 0 spiro atoms. The number of hydrogen-bond donors (Lipinski definition) is 2. The van der Waals surface area contributed by atoms with E-state index in [-0.39, 0.29) is 47.9 Å². The van der Waals surface area contributed by atoms with Gasteiger partial charge in [-0.3, -0.25) is 4.90 Å². The summed E-state index contributed by atoms with van der Waals surface area (Å²) in [6.45, 7) is 23.9. The van der Waals surface area contributed by atoms with Gasteiger partial charge in [0.05, 0.1) is 11.4 Å². The summed E-state index contributed by atoms with van der Waals surface area (Å²) < 4.78 is 0. The molecule has 8 aliphatic rings. The first-order chi connectivity index (χ1) is 32.3. The van der Waals surface area contributed by atoms with Crippen LogP contribution in [0.4, 0.5) is 0 Å². The number of rotatable bonds is 10. The summed E-state index contributed by atoms with van der Waals surface area (Å²) in [5.41, 5.74) is 13.9. The van der Waals surface area contributed by atoms with Gasteiger partial charge in [0.2, 0.25) is 0 Å². The van der Waals surface area contributed by atoms with E-state index in [0.29, 0.717) is 23.6 Å². The molecule has 8 bridgehead atoms. The Morgan fingerprint density at radius 3 is 1.12 bits per heavy atom. The number of phenols is 2. The Morgan fingerprint density at radius 2 is 0.812 bits per heavy atom. The number of nitrogens with zero attached hydrogens (tertiary/aromatic N) is 2. The molecule has 0 atom stereocenters. The maximum absolute atomic E-state index is 12.9.